The average molecular weight is 385 g/mol. The van der Waals surface area contributed by atoms with Crippen molar-refractivity contribution in [3.63, 3.8) is 0 Å². The first kappa shape index (κ1) is 18.4. The molecular formula is C17H8F5NO4. The topological polar surface area (TPSA) is 68.5 Å². The predicted octanol–water partition coefficient (Wildman–Crippen LogP) is 3.51. The minimum absolute atomic E-state index is 0.131. The Morgan fingerprint density at radius 1 is 0.963 bits per heavy atom. The summed E-state index contributed by atoms with van der Waals surface area (Å²) in [6, 6.07) is 5.23. The van der Waals surface area contributed by atoms with Gasteiger partial charge < -0.3 is 14.5 Å². The molecule has 0 atom stereocenters. The number of benzene rings is 2. The highest BCUT2D eigenvalue weighted by Gasteiger charge is 2.27. The molecule has 1 N–H and O–H groups in total. The highest BCUT2D eigenvalue weighted by Crippen LogP contribution is 2.29. The van der Waals surface area contributed by atoms with Crippen LogP contribution >= 0.6 is 0 Å². The van der Waals surface area contributed by atoms with E-state index in [4.69, 9.17) is 4.42 Å². The van der Waals surface area contributed by atoms with Crippen molar-refractivity contribution in [1.29, 1.82) is 0 Å². The number of halogens is 5. The minimum atomic E-state index is -2.34. The molecule has 10 heteroatoms. The number of amides is 1. The molecule has 0 saturated heterocycles. The Morgan fingerprint density at radius 2 is 1.59 bits per heavy atom. The number of carbonyl (C=O) groups excluding carboxylic acids is 1. The van der Waals surface area contributed by atoms with Crippen LogP contribution in [0, 0.1) is 29.1 Å². The van der Waals surface area contributed by atoms with Crippen LogP contribution in [0.25, 0.3) is 11.0 Å². The van der Waals surface area contributed by atoms with Gasteiger partial charge in [0.05, 0.1) is 11.6 Å². The largest absolute Gasteiger partial charge is 0.477 e. The third kappa shape index (κ3) is 3.46. The van der Waals surface area contributed by atoms with Crippen molar-refractivity contribution in [2.75, 3.05) is 11.9 Å². The van der Waals surface area contributed by atoms with Crippen LogP contribution < -0.4 is 15.5 Å². The van der Waals surface area contributed by atoms with Crippen LogP contribution in [0.1, 0.15) is 0 Å². The normalized spacial score (nSPS) is 10.9. The van der Waals surface area contributed by atoms with Gasteiger partial charge in [-0.1, -0.05) is 0 Å². The zero-order chi connectivity index (χ0) is 19.7. The minimum Gasteiger partial charge on any atom is -0.477 e. The van der Waals surface area contributed by atoms with Crippen LogP contribution in [0.3, 0.4) is 0 Å². The SMILES string of the molecule is O=C(COc1c(F)c(F)c(F)c(F)c1F)Nc1ccc2occc(=O)c2c1. The predicted molar refractivity (Wildman–Crippen MR) is 82.8 cm³/mol. The molecule has 3 aromatic rings. The highest BCUT2D eigenvalue weighted by atomic mass is 19.2. The van der Waals surface area contributed by atoms with Gasteiger partial charge in [0, 0.05) is 11.8 Å². The van der Waals surface area contributed by atoms with Gasteiger partial charge in [-0.25, -0.2) is 13.2 Å². The van der Waals surface area contributed by atoms with Crippen LogP contribution in [-0.4, -0.2) is 12.5 Å². The summed E-state index contributed by atoms with van der Waals surface area (Å²) >= 11 is 0. The molecule has 3 rings (SSSR count). The Hall–Kier alpha value is -3.43. The average Bonchev–Trinajstić information content (AvgIpc) is 2.65. The molecule has 140 valence electrons. The lowest BCUT2D eigenvalue weighted by molar-refractivity contribution is -0.118. The lowest BCUT2D eigenvalue weighted by Crippen LogP contribution is -2.21. The van der Waals surface area contributed by atoms with Crippen molar-refractivity contribution in [1.82, 2.24) is 0 Å². The Morgan fingerprint density at radius 3 is 2.26 bits per heavy atom. The molecule has 0 spiro atoms. The molecule has 0 aliphatic heterocycles. The summed E-state index contributed by atoms with van der Waals surface area (Å²) in [6.07, 6.45) is 1.20. The van der Waals surface area contributed by atoms with E-state index in [9.17, 15) is 31.5 Å². The molecule has 1 amide bonds. The van der Waals surface area contributed by atoms with Gasteiger partial charge >= 0.3 is 0 Å². The number of nitrogens with one attached hydrogen (secondary N) is 1. The summed E-state index contributed by atoms with van der Waals surface area (Å²) in [5, 5.41) is 2.42. The first-order valence-corrected chi connectivity index (χ1v) is 7.25. The molecule has 0 unspecified atom stereocenters. The molecule has 1 aromatic heterocycles. The number of fused-ring (bicyclic) bond motifs is 1. The van der Waals surface area contributed by atoms with E-state index in [0.717, 1.165) is 0 Å². The number of anilines is 1. The molecule has 1 heterocycles. The van der Waals surface area contributed by atoms with Gasteiger partial charge in [-0.15, -0.1) is 0 Å². The van der Waals surface area contributed by atoms with Crippen LogP contribution in [0.4, 0.5) is 27.6 Å². The standard InChI is InChI=1S/C17H8F5NO4/c18-12-13(19)15(21)17(16(22)14(12)20)27-6-11(25)23-7-1-2-10-8(5-7)9(24)3-4-26-10/h1-5H,6H2,(H,23,25). The molecule has 5 nitrogen and oxygen atoms in total. The molecule has 0 radical (unpaired) electrons. The third-order valence-corrected chi connectivity index (χ3v) is 3.46. The van der Waals surface area contributed by atoms with E-state index in [0.29, 0.717) is 0 Å². The summed E-state index contributed by atoms with van der Waals surface area (Å²) in [5.41, 5.74) is 0.0233. The van der Waals surface area contributed by atoms with Gasteiger partial charge in [-0.05, 0) is 18.2 Å². The first-order chi connectivity index (χ1) is 12.8. The fourth-order valence-electron chi connectivity index (χ4n) is 2.21. The zero-order valence-corrected chi connectivity index (χ0v) is 13.1. The second-order valence-corrected chi connectivity index (χ2v) is 5.23. The molecule has 0 fully saturated rings. The van der Waals surface area contributed by atoms with Crippen molar-refractivity contribution in [2.24, 2.45) is 0 Å². The highest BCUT2D eigenvalue weighted by molar-refractivity contribution is 5.94. The zero-order valence-electron chi connectivity index (χ0n) is 13.1. The van der Waals surface area contributed by atoms with Crippen molar-refractivity contribution >= 4 is 22.6 Å². The molecule has 2 aromatic carbocycles. The fraction of sp³-hybridized carbons (Fsp3) is 0.0588. The molecule has 0 saturated carbocycles. The van der Waals surface area contributed by atoms with Gasteiger partial charge in [0.25, 0.3) is 5.91 Å². The van der Waals surface area contributed by atoms with Gasteiger partial charge in [0.2, 0.25) is 29.1 Å². The Labute approximate surface area is 147 Å². The van der Waals surface area contributed by atoms with Gasteiger partial charge in [0.1, 0.15) is 5.58 Å². The van der Waals surface area contributed by atoms with Crippen LogP contribution in [0.2, 0.25) is 0 Å². The second-order valence-electron chi connectivity index (χ2n) is 5.23. The molecule has 27 heavy (non-hydrogen) atoms. The van der Waals surface area contributed by atoms with E-state index >= 15 is 0 Å². The summed E-state index contributed by atoms with van der Waals surface area (Å²) in [5.74, 6) is -13.6. The van der Waals surface area contributed by atoms with E-state index in [1.54, 1.807) is 0 Å². The van der Waals surface area contributed by atoms with Gasteiger partial charge in [-0.3, -0.25) is 9.59 Å². The molecule has 0 aliphatic rings. The maximum Gasteiger partial charge on any atom is 0.262 e. The van der Waals surface area contributed by atoms with E-state index in [-0.39, 0.29) is 22.1 Å². The summed E-state index contributed by atoms with van der Waals surface area (Å²) in [4.78, 5) is 23.5. The number of hydrogen-bond acceptors (Lipinski definition) is 4. The van der Waals surface area contributed by atoms with Crippen molar-refractivity contribution in [3.8, 4) is 5.75 Å². The quantitative estimate of drug-likeness (QED) is 0.424. The Kier molecular flexibility index (Phi) is 4.80. The Balaban J connectivity index is 1.76. The van der Waals surface area contributed by atoms with Crippen molar-refractivity contribution in [3.05, 3.63) is 69.8 Å². The van der Waals surface area contributed by atoms with E-state index in [1.807, 2.05) is 0 Å². The van der Waals surface area contributed by atoms with Gasteiger partial charge in [-0.2, -0.15) is 8.78 Å². The number of rotatable bonds is 4. The van der Waals surface area contributed by atoms with Crippen LogP contribution in [0.5, 0.6) is 5.75 Å². The number of hydrogen-bond donors (Lipinski definition) is 1. The van der Waals surface area contributed by atoms with Crippen LogP contribution in [0.15, 0.2) is 39.7 Å². The smallest absolute Gasteiger partial charge is 0.262 e. The Bertz CT molecular complexity index is 1080. The van der Waals surface area contributed by atoms with Gasteiger partial charge in [0.15, 0.2) is 17.8 Å². The maximum absolute atomic E-state index is 13.5. The van der Waals surface area contributed by atoms with Crippen molar-refractivity contribution < 1.29 is 35.9 Å². The molecule has 0 bridgehead atoms. The summed E-state index contributed by atoms with van der Waals surface area (Å²) in [7, 11) is 0. The summed E-state index contributed by atoms with van der Waals surface area (Å²) in [6.45, 7) is -1.04. The monoisotopic (exact) mass is 385 g/mol. The third-order valence-electron chi connectivity index (χ3n) is 3.46. The maximum atomic E-state index is 13.5. The van der Waals surface area contributed by atoms with E-state index < -0.39 is 47.3 Å². The summed E-state index contributed by atoms with van der Waals surface area (Å²) < 4.78 is 75.6. The van der Waals surface area contributed by atoms with Crippen LogP contribution in [-0.2, 0) is 4.79 Å². The fourth-order valence-corrected chi connectivity index (χ4v) is 2.21. The van der Waals surface area contributed by atoms with E-state index in [2.05, 4.69) is 10.1 Å². The molecular weight excluding hydrogens is 377 g/mol. The lowest BCUT2D eigenvalue weighted by Gasteiger charge is -2.10. The van der Waals surface area contributed by atoms with E-state index in [1.165, 1.54) is 30.5 Å². The number of carbonyl (C=O) groups is 1. The molecule has 0 aliphatic carbocycles. The van der Waals surface area contributed by atoms with Crippen molar-refractivity contribution in [2.45, 2.75) is 0 Å². The second kappa shape index (κ2) is 7.06. The lowest BCUT2D eigenvalue weighted by atomic mass is 10.2. The number of ether oxygens (including phenoxy) is 1. The first-order valence-electron chi connectivity index (χ1n) is 7.25.